The number of rotatable bonds is 8. The topological polar surface area (TPSA) is 96.4 Å². The fraction of sp³-hybridized carbons (Fsp3) is 0.538. The van der Waals surface area contributed by atoms with Crippen LogP contribution in [0.5, 0.6) is 0 Å². The Balaban J connectivity index is 2.81. The molecule has 0 aliphatic heterocycles. The van der Waals surface area contributed by atoms with E-state index in [0.29, 0.717) is 17.9 Å². The van der Waals surface area contributed by atoms with Crippen molar-refractivity contribution in [1.82, 2.24) is 4.98 Å². The molecule has 0 fully saturated rings. The predicted octanol–water partition coefficient (Wildman–Crippen LogP) is 1.58. The largest absolute Gasteiger partial charge is 0.478 e. The number of nitrogens with one attached hydrogen (secondary N) is 1. The molecule has 2 N–H and O–H groups in total. The monoisotopic (exact) mass is 300 g/mol. The molecule has 0 spiro atoms. The first-order valence-electron chi connectivity index (χ1n) is 6.56. The van der Waals surface area contributed by atoms with E-state index in [0.717, 1.165) is 6.42 Å². The molecule has 0 radical (unpaired) electrons. The summed E-state index contributed by atoms with van der Waals surface area (Å²) in [5, 5.41) is 11.9. The van der Waals surface area contributed by atoms with Crippen LogP contribution in [0.3, 0.4) is 0 Å². The average Bonchev–Trinajstić information content (AvgIpc) is 2.38. The SMILES string of the molecule is CCCc1cc(C(=O)O)cc(NCCS(=O)(=O)CC)n1. The molecule has 0 saturated carbocycles. The summed E-state index contributed by atoms with van der Waals surface area (Å²) in [7, 11) is -3.04. The third kappa shape index (κ3) is 5.16. The Kier molecular flexibility index (Phi) is 5.94. The number of carboxylic acids is 1. The summed E-state index contributed by atoms with van der Waals surface area (Å²) in [6.07, 6.45) is 1.54. The van der Waals surface area contributed by atoms with E-state index >= 15 is 0 Å². The molecule has 1 aromatic rings. The van der Waals surface area contributed by atoms with Gasteiger partial charge in [-0.2, -0.15) is 0 Å². The summed E-state index contributed by atoms with van der Waals surface area (Å²) in [5.41, 5.74) is 0.845. The van der Waals surface area contributed by atoms with Gasteiger partial charge in [-0.25, -0.2) is 18.2 Å². The second-order valence-electron chi connectivity index (χ2n) is 4.45. The Morgan fingerprint density at radius 3 is 2.60 bits per heavy atom. The van der Waals surface area contributed by atoms with Crippen molar-refractivity contribution in [3.8, 4) is 0 Å². The van der Waals surface area contributed by atoms with Gasteiger partial charge in [-0.3, -0.25) is 0 Å². The van der Waals surface area contributed by atoms with E-state index in [4.69, 9.17) is 5.11 Å². The van der Waals surface area contributed by atoms with Crippen LogP contribution in [-0.2, 0) is 16.3 Å². The van der Waals surface area contributed by atoms with E-state index < -0.39 is 15.8 Å². The van der Waals surface area contributed by atoms with E-state index in [1.54, 1.807) is 13.0 Å². The zero-order valence-corrected chi connectivity index (χ0v) is 12.5. The third-order valence-electron chi connectivity index (χ3n) is 2.79. The minimum absolute atomic E-state index is 0.00555. The van der Waals surface area contributed by atoms with Gasteiger partial charge < -0.3 is 10.4 Å². The lowest BCUT2D eigenvalue weighted by Crippen LogP contribution is -2.18. The molecule has 0 aliphatic rings. The van der Waals surface area contributed by atoms with Crippen molar-refractivity contribution in [3.05, 3.63) is 23.4 Å². The van der Waals surface area contributed by atoms with Crippen molar-refractivity contribution in [2.45, 2.75) is 26.7 Å². The number of aromatic nitrogens is 1. The van der Waals surface area contributed by atoms with Gasteiger partial charge in [-0.15, -0.1) is 0 Å². The Bertz CT molecular complexity index is 570. The molecule has 6 nitrogen and oxygen atoms in total. The van der Waals surface area contributed by atoms with Gasteiger partial charge in [0.05, 0.1) is 11.3 Å². The summed E-state index contributed by atoms with van der Waals surface area (Å²) < 4.78 is 22.8. The van der Waals surface area contributed by atoms with Gasteiger partial charge in [-0.1, -0.05) is 20.3 Å². The van der Waals surface area contributed by atoms with E-state index in [2.05, 4.69) is 10.3 Å². The summed E-state index contributed by atoms with van der Waals surface area (Å²) >= 11 is 0. The number of hydrogen-bond donors (Lipinski definition) is 2. The number of pyridine rings is 1. The smallest absolute Gasteiger partial charge is 0.335 e. The fourth-order valence-corrected chi connectivity index (χ4v) is 2.37. The molecular weight excluding hydrogens is 280 g/mol. The van der Waals surface area contributed by atoms with Gasteiger partial charge in [0, 0.05) is 18.0 Å². The Morgan fingerprint density at radius 2 is 2.05 bits per heavy atom. The Hall–Kier alpha value is -1.63. The number of aryl methyl sites for hydroxylation is 1. The molecule has 1 rings (SSSR count). The molecule has 0 aliphatic carbocycles. The summed E-state index contributed by atoms with van der Waals surface area (Å²) in [6.45, 7) is 3.80. The fourth-order valence-electron chi connectivity index (χ4n) is 1.66. The minimum Gasteiger partial charge on any atom is -0.478 e. The van der Waals surface area contributed by atoms with Crippen LogP contribution in [0.25, 0.3) is 0 Å². The molecular formula is C13H20N2O4S. The first-order chi connectivity index (χ1) is 9.38. The highest BCUT2D eigenvalue weighted by atomic mass is 32.2. The van der Waals surface area contributed by atoms with Gasteiger partial charge >= 0.3 is 5.97 Å². The quantitative estimate of drug-likeness (QED) is 0.756. The molecule has 7 heteroatoms. The number of sulfone groups is 1. The van der Waals surface area contributed by atoms with E-state index in [1.807, 2.05) is 6.92 Å². The van der Waals surface area contributed by atoms with Gasteiger partial charge in [-0.05, 0) is 18.6 Å². The summed E-state index contributed by atoms with van der Waals surface area (Å²) in [6, 6.07) is 2.96. The third-order valence-corrected chi connectivity index (χ3v) is 4.50. The van der Waals surface area contributed by atoms with Crippen LogP contribution in [0.2, 0.25) is 0 Å². The number of aromatic carboxylic acids is 1. The number of anilines is 1. The second kappa shape index (κ2) is 7.23. The van der Waals surface area contributed by atoms with Crippen molar-refractivity contribution < 1.29 is 18.3 Å². The second-order valence-corrected chi connectivity index (χ2v) is 6.92. The zero-order chi connectivity index (χ0) is 15.2. The highest BCUT2D eigenvalue weighted by molar-refractivity contribution is 7.91. The average molecular weight is 300 g/mol. The van der Waals surface area contributed by atoms with Gasteiger partial charge in [0.2, 0.25) is 0 Å². The lowest BCUT2D eigenvalue weighted by Gasteiger charge is -2.09. The molecule has 20 heavy (non-hydrogen) atoms. The van der Waals surface area contributed by atoms with Crippen molar-refractivity contribution in [3.63, 3.8) is 0 Å². The predicted molar refractivity (Wildman–Crippen MR) is 78.0 cm³/mol. The summed E-state index contributed by atoms with van der Waals surface area (Å²) in [5.74, 6) is -0.516. The molecule has 0 amide bonds. The number of nitrogens with zero attached hydrogens (tertiary/aromatic N) is 1. The first-order valence-corrected chi connectivity index (χ1v) is 8.38. The first kappa shape index (κ1) is 16.4. The van der Waals surface area contributed by atoms with Crippen LogP contribution in [0.15, 0.2) is 12.1 Å². The maximum atomic E-state index is 11.4. The minimum atomic E-state index is -3.04. The van der Waals surface area contributed by atoms with Crippen LogP contribution in [-0.4, -0.2) is 42.5 Å². The number of carboxylic acid groups (broad SMARTS) is 1. The molecule has 0 bridgehead atoms. The molecule has 112 valence electrons. The Labute approximate surface area is 119 Å². The van der Waals surface area contributed by atoms with Crippen LogP contribution in [0, 0.1) is 0 Å². The molecule has 1 heterocycles. The van der Waals surface area contributed by atoms with E-state index in [-0.39, 0.29) is 23.6 Å². The Morgan fingerprint density at radius 1 is 1.35 bits per heavy atom. The normalized spacial score (nSPS) is 11.3. The number of carbonyl (C=O) groups is 1. The van der Waals surface area contributed by atoms with Crippen LogP contribution < -0.4 is 5.32 Å². The van der Waals surface area contributed by atoms with Crippen molar-refractivity contribution in [1.29, 1.82) is 0 Å². The van der Waals surface area contributed by atoms with Crippen molar-refractivity contribution >= 4 is 21.6 Å². The van der Waals surface area contributed by atoms with Gasteiger partial charge in [0.15, 0.2) is 9.84 Å². The summed E-state index contributed by atoms with van der Waals surface area (Å²) in [4.78, 5) is 15.3. The molecule has 1 aromatic heterocycles. The number of hydrogen-bond acceptors (Lipinski definition) is 5. The highest BCUT2D eigenvalue weighted by Crippen LogP contribution is 2.12. The van der Waals surface area contributed by atoms with E-state index in [9.17, 15) is 13.2 Å². The van der Waals surface area contributed by atoms with Crippen LogP contribution in [0.1, 0.15) is 36.3 Å². The highest BCUT2D eigenvalue weighted by Gasteiger charge is 2.10. The molecule has 0 saturated heterocycles. The van der Waals surface area contributed by atoms with Crippen molar-refractivity contribution in [2.24, 2.45) is 0 Å². The lowest BCUT2D eigenvalue weighted by atomic mass is 10.1. The lowest BCUT2D eigenvalue weighted by molar-refractivity contribution is 0.0696. The van der Waals surface area contributed by atoms with Crippen LogP contribution >= 0.6 is 0 Å². The standard InChI is InChI=1S/C13H20N2O4S/c1-3-5-11-8-10(13(16)17)9-12(15-11)14-6-7-20(18,19)4-2/h8-9H,3-7H2,1-2H3,(H,14,15)(H,16,17). The molecule has 0 unspecified atom stereocenters. The maximum Gasteiger partial charge on any atom is 0.335 e. The maximum absolute atomic E-state index is 11.4. The van der Waals surface area contributed by atoms with Gasteiger partial charge in [0.1, 0.15) is 5.82 Å². The zero-order valence-electron chi connectivity index (χ0n) is 11.7. The molecule has 0 atom stereocenters. The van der Waals surface area contributed by atoms with Crippen LogP contribution in [0.4, 0.5) is 5.82 Å². The molecule has 0 aromatic carbocycles. The van der Waals surface area contributed by atoms with E-state index in [1.165, 1.54) is 6.07 Å². The van der Waals surface area contributed by atoms with Gasteiger partial charge in [0.25, 0.3) is 0 Å². The van der Waals surface area contributed by atoms with Crippen molar-refractivity contribution in [2.75, 3.05) is 23.4 Å².